The minimum Gasteiger partial charge on any atom is -0.511 e. The lowest BCUT2D eigenvalue weighted by Gasteiger charge is -2.09. The molecule has 0 amide bonds. The number of halogens is 1. The van der Waals surface area contributed by atoms with Crippen LogP contribution in [0.3, 0.4) is 0 Å². The van der Waals surface area contributed by atoms with Gasteiger partial charge in [-0.25, -0.2) is 0 Å². The molecule has 0 aliphatic rings. The molecule has 1 aromatic rings. The van der Waals surface area contributed by atoms with E-state index in [1.807, 2.05) is 0 Å². The van der Waals surface area contributed by atoms with E-state index in [1.54, 1.807) is 24.3 Å². The number of aliphatic hydroxyl groups excluding tert-OH is 1. The van der Waals surface area contributed by atoms with E-state index >= 15 is 0 Å². The Balaban J connectivity index is 2.95. The lowest BCUT2D eigenvalue weighted by molar-refractivity contribution is 0.373. The summed E-state index contributed by atoms with van der Waals surface area (Å²) in [5.41, 5.74) is 6.36. The third-order valence-corrected chi connectivity index (χ3v) is 1.80. The fourth-order valence-corrected chi connectivity index (χ4v) is 1.09. The van der Waals surface area contributed by atoms with Gasteiger partial charge in [-0.05, 0) is 17.7 Å². The van der Waals surface area contributed by atoms with Crippen LogP contribution in [-0.2, 0) is 0 Å². The van der Waals surface area contributed by atoms with Crippen LogP contribution in [-0.4, -0.2) is 5.11 Å². The molecule has 0 saturated heterocycles. The molecule has 0 aliphatic carbocycles. The van der Waals surface area contributed by atoms with E-state index in [9.17, 15) is 0 Å². The Hall–Kier alpha value is -0.990. The molecule has 1 aromatic carbocycles. The third-order valence-electron chi connectivity index (χ3n) is 1.57. The molecule has 3 heteroatoms. The van der Waals surface area contributed by atoms with Crippen molar-refractivity contribution in [2.75, 3.05) is 0 Å². The maximum atomic E-state index is 9.00. The fraction of sp³-hybridized carbons (Fsp3) is 0.111. The van der Waals surface area contributed by atoms with Crippen molar-refractivity contribution in [3.05, 3.63) is 47.2 Å². The zero-order valence-corrected chi connectivity index (χ0v) is 7.25. The van der Waals surface area contributed by atoms with Gasteiger partial charge in [0.15, 0.2) is 0 Å². The SMILES string of the molecule is C=C(O)C(N)c1cccc(Cl)c1. The highest BCUT2D eigenvalue weighted by Gasteiger charge is 2.07. The molecule has 1 atom stereocenters. The highest BCUT2D eigenvalue weighted by molar-refractivity contribution is 6.30. The van der Waals surface area contributed by atoms with Gasteiger partial charge in [0.25, 0.3) is 0 Å². The molecule has 12 heavy (non-hydrogen) atoms. The van der Waals surface area contributed by atoms with Crippen molar-refractivity contribution in [2.45, 2.75) is 6.04 Å². The number of hydrogen-bond donors (Lipinski definition) is 2. The molecule has 0 bridgehead atoms. The zero-order valence-electron chi connectivity index (χ0n) is 6.50. The minimum atomic E-state index is -0.552. The second-order valence-corrected chi connectivity index (χ2v) is 2.96. The number of aliphatic hydroxyl groups is 1. The predicted octanol–water partition coefficient (Wildman–Crippen LogP) is 2.41. The molecular weight excluding hydrogens is 174 g/mol. The number of rotatable bonds is 2. The van der Waals surface area contributed by atoms with Crippen LogP contribution in [0, 0.1) is 0 Å². The number of hydrogen-bond acceptors (Lipinski definition) is 2. The van der Waals surface area contributed by atoms with E-state index in [-0.39, 0.29) is 5.76 Å². The quantitative estimate of drug-likeness (QED) is 0.692. The van der Waals surface area contributed by atoms with Crippen molar-refractivity contribution in [3.8, 4) is 0 Å². The standard InChI is InChI=1S/C9H10ClNO/c1-6(12)9(11)7-3-2-4-8(10)5-7/h2-5,9,12H,1,11H2. The average Bonchev–Trinajstić information content (AvgIpc) is 2.03. The summed E-state index contributed by atoms with van der Waals surface area (Å²) in [6.07, 6.45) is 0. The van der Waals surface area contributed by atoms with Gasteiger partial charge in [0, 0.05) is 5.02 Å². The molecule has 0 fully saturated rings. The van der Waals surface area contributed by atoms with E-state index in [4.69, 9.17) is 22.4 Å². The summed E-state index contributed by atoms with van der Waals surface area (Å²) in [6.45, 7) is 3.35. The predicted molar refractivity (Wildman–Crippen MR) is 50.1 cm³/mol. The lowest BCUT2D eigenvalue weighted by atomic mass is 10.1. The van der Waals surface area contributed by atoms with Crippen LogP contribution in [0.5, 0.6) is 0 Å². The molecule has 64 valence electrons. The first-order valence-electron chi connectivity index (χ1n) is 3.50. The van der Waals surface area contributed by atoms with Crippen LogP contribution in [0.2, 0.25) is 5.02 Å². The largest absolute Gasteiger partial charge is 0.511 e. The van der Waals surface area contributed by atoms with E-state index in [1.165, 1.54) is 0 Å². The second kappa shape index (κ2) is 3.61. The van der Waals surface area contributed by atoms with Crippen LogP contribution >= 0.6 is 11.6 Å². The normalized spacial score (nSPS) is 12.5. The fourth-order valence-electron chi connectivity index (χ4n) is 0.892. The van der Waals surface area contributed by atoms with Crippen LogP contribution in [0.25, 0.3) is 0 Å². The maximum absolute atomic E-state index is 9.00. The van der Waals surface area contributed by atoms with Crippen molar-refractivity contribution in [3.63, 3.8) is 0 Å². The van der Waals surface area contributed by atoms with Crippen molar-refractivity contribution in [2.24, 2.45) is 5.73 Å². The van der Waals surface area contributed by atoms with Crippen LogP contribution in [0.1, 0.15) is 11.6 Å². The smallest absolute Gasteiger partial charge is 0.106 e. The van der Waals surface area contributed by atoms with Crippen molar-refractivity contribution in [1.82, 2.24) is 0 Å². The first-order chi connectivity index (χ1) is 5.61. The topological polar surface area (TPSA) is 46.2 Å². The molecule has 1 unspecified atom stereocenters. The maximum Gasteiger partial charge on any atom is 0.106 e. The molecule has 0 heterocycles. The van der Waals surface area contributed by atoms with Crippen LogP contribution < -0.4 is 5.73 Å². The summed E-state index contributed by atoms with van der Waals surface area (Å²) >= 11 is 5.73. The van der Waals surface area contributed by atoms with Gasteiger partial charge in [-0.2, -0.15) is 0 Å². The second-order valence-electron chi connectivity index (χ2n) is 2.52. The van der Waals surface area contributed by atoms with E-state index in [0.29, 0.717) is 5.02 Å². The average molecular weight is 184 g/mol. The first-order valence-corrected chi connectivity index (χ1v) is 3.88. The van der Waals surface area contributed by atoms with Gasteiger partial charge < -0.3 is 10.8 Å². The molecule has 0 radical (unpaired) electrons. The lowest BCUT2D eigenvalue weighted by Crippen LogP contribution is -2.11. The van der Waals surface area contributed by atoms with Crippen LogP contribution in [0.15, 0.2) is 36.6 Å². The summed E-state index contributed by atoms with van der Waals surface area (Å²) in [7, 11) is 0. The highest BCUT2D eigenvalue weighted by atomic mass is 35.5. The molecule has 2 nitrogen and oxygen atoms in total. The molecule has 0 aliphatic heterocycles. The van der Waals surface area contributed by atoms with Gasteiger partial charge in [0.05, 0.1) is 6.04 Å². The highest BCUT2D eigenvalue weighted by Crippen LogP contribution is 2.19. The Morgan fingerprint density at radius 1 is 1.58 bits per heavy atom. The molecular formula is C9H10ClNO. The molecule has 0 spiro atoms. The van der Waals surface area contributed by atoms with Gasteiger partial charge in [-0.3, -0.25) is 0 Å². The van der Waals surface area contributed by atoms with Gasteiger partial charge in [-0.15, -0.1) is 0 Å². The third kappa shape index (κ3) is 2.00. The summed E-state index contributed by atoms with van der Waals surface area (Å²) in [4.78, 5) is 0. The van der Waals surface area contributed by atoms with Gasteiger partial charge in [0.2, 0.25) is 0 Å². The summed E-state index contributed by atoms with van der Waals surface area (Å²) in [6, 6.07) is 6.47. The zero-order chi connectivity index (χ0) is 9.14. The number of benzene rings is 1. The Kier molecular flexibility index (Phi) is 2.74. The van der Waals surface area contributed by atoms with E-state index in [2.05, 4.69) is 6.58 Å². The van der Waals surface area contributed by atoms with E-state index < -0.39 is 6.04 Å². The minimum absolute atomic E-state index is 0.0581. The van der Waals surface area contributed by atoms with Gasteiger partial charge in [0.1, 0.15) is 5.76 Å². The van der Waals surface area contributed by atoms with Crippen molar-refractivity contribution in [1.29, 1.82) is 0 Å². The molecule has 0 saturated carbocycles. The molecule has 1 rings (SSSR count). The Bertz CT molecular complexity index is 298. The monoisotopic (exact) mass is 183 g/mol. The molecule has 0 aromatic heterocycles. The van der Waals surface area contributed by atoms with Crippen molar-refractivity contribution >= 4 is 11.6 Å². The van der Waals surface area contributed by atoms with Crippen LogP contribution in [0.4, 0.5) is 0 Å². The summed E-state index contributed by atoms with van der Waals surface area (Å²) in [5, 5.41) is 9.60. The Morgan fingerprint density at radius 2 is 2.25 bits per heavy atom. The Morgan fingerprint density at radius 3 is 2.75 bits per heavy atom. The molecule has 3 N–H and O–H groups in total. The summed E-state index contributed by atoms with van der Waals surface area (Å²) < 4.78 is 0. The first kappa shape index (κ1) is 9.10. The Labute approximate surface area is 76.3 Å². The van der Waals surface area contributed by atoms with Gasteiger partial charge >= 0.3 is 0 Å². The summed E-state index contributed by atoms with van der Waals surface area (Å²) in [5.74, 6) is -0.0581. The van der Waals surface area contributed by atoms with E-state index in [0.717, 1.165) is 5.56 Å². The number of nitrogens with two attached hydrogens (primary N) is 1. The van der Waals surface area contributed by atoms with Crippen molar-refractivity contribution < 1.29 is 5.11 Å². The van der Waals surface area contributed by atoms with Gasteiger partial charge in [-0.1, -0.05) is 30.3 Å².